The molecule has 2 amide bonds. The van der Waals surface area contributed by atoms with E-state index in [2.05, 4.69) is 10.8 Å². The fourth-order valence-electron chi connectivity index (χ4n) is 2.72. The Morgan fingerprint density at radius 2 is 1.88 bits per heavy atom. The molecule has 0 radical (unpaired) electrons. The Labute approximate surface area is 148 Å². The number of benzene rings is 2. The van der Waals surface area contributed by atoms with Crippen LogP contribution >= 0.6 is 0 Å². The van der Waals surface area contributed by atoms with Gasteiger partial charge in [-0.3, -0.25) is 4.84 Å². The van der Waals surface area contributed by atoms with Gasteiger partial charge in [-0.2, -0.15) is 0 Å². The molecule has 0 aromatic heterocycles. The first-order valence-electron chi connectivity index (χ1n) is 8.02. The van der Waals surface area contributed by atoms with Crippen molar-refractivity contribution in [1.82, 2.24) is 10.8 Å². The number of rotatable bonds is 5. The molecule has 0 spiro atoms. The van der Waals surface area contributed by atoms with Crippen LogP contribution in [-0.2, 0) is 16.2 Å². The van der Waals surface area contributed by atoms with Gasteiger partial charge < -0.3 is 10.1 Å². The highest BCUT2D eigenvalue weighted by Gasteiger charge is 2.31. The molecule has 0 unspecified atom stereocenters. The van der Waals surface area contributed by atoms with Gasteiger partial charge in [0.25, 0.3) is 0 Å². The summed E-state index contributed by atoms with van der Waals surface area (Å²) < 4.78 is 44.8. The number of carbonyl (C=O) groups is 1. The third-order valence-corrected chi connectivity index (χ3v) is 4.00. The van der Waals surface area contributed by atoms with Crippen molar-refractivity contribution >= 4 is 6.03 Å². The molecule has 0 saturated carbocycles. The van der Waals surface area contributed by atoms with Gasteiger partial charge in [0.1, 0.15) is 11.9 Å². The van der Waals surface area contributed by atoms with E-state index in [1.54, 1.807) is 12.1 Å². The average Bonchev–Trinajstić information content (AvgIpc) is 3.07. The first-order chi connectivity index (χ1) is 12.5. The number of amides is 2. The zero-order chi connectivity index (χ0) is 18.5. The van der Waals surface area contributed by atoms with Gasteiger partial charge in [-0.1, -0.05) is 18.2 Å². The maximum absolute atomic E-state index is 13.4. The lowest BCUT2D eigenvalue weighted by Crippen LogP contribution is -2.43. The minimum Gasteiger partial charge on any atom is -0.371 e. The second-order valence-corrected chi connectivity index (χ2v) is 5.85. The van der Waals surface area contributed by atoms with Crippen LogP contribution in [0.4, 0.5) is 18.0 Å². The number of urea groups is 1. The average molecular weight is 366 g/mol. The largest absolute Gasteiger partial charge is 0.371 e. The lowest BCUT2D eigenvalue weighted by atomic mass is 10.0. The number of hydrogen-bond donors (Lipinski definition) is 2. The Morgan fingerprint density at radius 3 is 2.62 bits per heavy atom. The van der Waals surface area contributed by atoms with Gasteiger partial charge in [-0.05, 0) is 41.8 Å². The van der Waals surface area contributed by atoms with Crippen molar-refractivity contribution < 1.29 is 27.5 Å². The van der Waals surface area contributed by atoms with E-state index >= 15 is 0 Å². The van der Waals surface area contributed by atoms with Crippen LogP contribution in [0.25, 0.3) is 0 Å². The van der Waals surface area contributed by atoms with Gasteiger partial charge in [0, 0.05) is 6.61 Å². The standard InChI is InChI=1S/C18H17F3N2O3/c19-13-4-1-11(2-5-13)10-26-23-18(24)22-16-7-8-25-17(16)12-3-6-14(20)15(21)9-12/h1-6,9,16-17H,7-8,10H2,(H2,22,23,24)/t16-,17-/m1/s1. The molecule has 2 atom stereocenters. The Kier molecular flexibility index (Phi) is 5.75. The molecule has 5 nitrogen and oxygen atoms in total. The van der Waals surface area contributed by atoms with Crippen LogP contribution in [0.3, 0.4) is 0 Å². The minimum absolute atomic E-state index is 0.0709. The van der Waals surface area contributed by atoms with Crippen LogP contribution in [0, 0.1) is 17.5 Å². The molecule has 1 saturated heterocycles. The molecule has 1 aliphatic heterocycles. The summed E-state index contributed by atoms with van der Waals surface area (Å²) in [6, 6.07) is 8.17. The number of nitrogens with one attached hydrogen (secondary N) is 2. The van der Waals surface area contributed by atoms with Crippen LogP contribution < -0.4 is 10.8 Å². The number of hydroxylamine groups is 1. The van der Waals surface area contributed by atoms with E-state index in [1.165, 1.54) is 18.2 Å². The van der Waals surface area contributed by atoms with Crippen molar-refractivity contribution in [1.29, 1.82) is 0 Å². The Morgan fingerprint density at radius 1 is 1.12 bits per heavy atom. The van der Waals surface area contributed by atoms with Crippen molar-refractivity contribution in [2.75, 3.05) is 6.61 Å². The monoisotopic (exact) mass is 366 g/mol. The SMILES string of the molecule is O=C(NOCc1ccc(F)cc1)N[C@@H]1CCO[C@@H]1c1ccc(F)c(F)c1. The smallest absolute Gasteiger partial charge is 0.339 e. The Bertz CT molecular complexity index is 771. The summed E-state index contributed by atoms with van der Waals surface area (Å²) in [6.45, 7) is 0.451. The molecule has 8 heteroatoms. The molecular formula is C18H17F3N2O3. The summed E-state index contributed by atoms with van der Waals surface area (Å²) in [5.74, 6) is -2.27. The van der Waals surface area contributed by atoms with E-state index in [0.29, 0.717) is 24.2 Å². The van der Waals surface area contributed by atoms with Crippen LogP contribution in [0.5, 0.6) is 0 Å². The molecule has 1 fully saturated rings. The van der Waals surface area contributed by atoms with Gasteiger partial charge in [0.2, 0.25) is 0 Å². The fraction of sp³-hybridized carbons (Fsp3) is 0.278. The van der Waals surface area contributed by atoms with E-state index in [1.807, 2.05) is 0 Å². The maximum Gasteiger partial charge on any atom is 0.339 e. The van der Waals surface area contributed by atoms with E-state index in [0.717, 1.165) is 12.1 Å². The maximum atomic E-state index is 13.4. The summed E-state index contributed by atoms with van der Waals surface area (Å²) in [7, 11) is 0. The summed E-state index contributed by atoms with van der Waals surface area (Å²) in [5.41, 5.74) is 3.37. The van der Waals surface area contributed by atoms with Crippen LogP contribution in [-0.4, -0.2) is 18.7 Å². The zero-order valence-electron chi connectivity index (χ0n) is 13.7. The van der Waals surface area contributed by atoms with E-state index in [-0.39, 0.29) is 12.4 Å². The molecule has 1 aliphatic rings. The number of hydrogen-bond acceptors (Lipinski definition) is 3. The highest BCUT2D eigenvalue weighted by Crippen LogP contribution is 2.30. The highest BCUT2D eigenvalue weighted by atomic mass is 19.2. The summed E-state index contributed by atoms with van der Waals surface area (Å²) in [4.78, 5) is 17.0. The highest BCUT2D eigenvalue weighted by molar-refractivity contribution is 5.73. The molecule has 3 rings (SSSR count). The number of ether oxygens (including phenoxy) is 1. The fourth-order valence-corrected chi connectivity index (χ4v) is 2.72. The van der Waals surface area contributed by atoms with Crippen molar-refractivity contribution in [3.8, 4) is 0 Å². The third kappa shape index (κ3) is 4.53. The predicted octanol–water partition coefficient (Wildman–Crippen LogP) is 3.36. The third-order valence-electron chi connectivity index (χ3n) is 4.00. The second-order valence-electron chi connectivity index (χ2n) is 5.85. The molecule has 138 valence electrons. The number of halogens is 3. The quantitative estimate of drug-likeness (QED) is 0.798. The second kappa shape index (κ2) is 8.20. The molecular weight excluding hydrogens is 349 g/mol. The van der Waals surface area contributed by atoms with E-state index in [4.69, 9.17) is 9.57 Å². The van der Waals surface area contributed by atoms with Crippen molar-refractivity contribution in [2.24, 2.45) is 0 Å². The van der Waals surface area contributed by atoms with Crippen molar-refractivity contribution in [2.45, 2.75) is 25.2 Å². The normalized spacial score (nSPS) is 19.3. The molecule has 2 aromatic carbocycles. The van der Waals surface area contributed by atoms with Gasteiger partial charge in [0.15, 0.2) is 11.6 Å². The van der Waals surface area contributed by atoms with Crippen LogP contribution in [0.15, 0.2) is 42.5 Å². The zero-order valence-corrected chi connectivity index (χ0v) is 13.7. The Hall–Kier alpha value is -2.58. The van der Waals surface area contributed by atoms with Gasteiger partial charge in [0.05, 0.1) is 12.6 Å². The van der Waals surface area contributed by atoms with Crippen LogP contribution in [0.2, 0.25) is 0 Å². The number of carbonyl (C=O) groups excluding carboxylic acids is 1. The first kappa shape index (κ1) is 18.2. The molecule has 26 heavy (non-hydrogen) atoms. The molecule has 0 bridgehead atoms. The van der Waals surface area contributed by atoms with Gasteiger partial charge >= 0.3 is 6.03 Å². The van der Waals surface area contributed by atoms with Crippen molar-refractivity contribution in [3.63, 3.8) is 0 Å². The lowest BCUT2D eigenvalue weighted by Gasteiger charge is -2.20. The summed E-state index contributed by atoms with van der Waals surface area (Å²) >= 11 is 0. The van der Waals surface area contributed by atoms with Crippen LogP contribution in [0.1, 0.15) is 23.7 Å². The summed E-state index contributed by atoms with van der Waals surface area (Å²) in [5, 5.41) is 2.68. The minimum atomic E-state index is -0.969. The lowest BCUT2D eigenvalue weighted by molar-refractivity contribution is 0.0456. The van der Waals surface area contributed by atoms with E-state index in [9.17, 15) is 18.0 Å². The molecule has 2 aromatic rings. The molecule has 2 N–H and O–H groups in total. The topological polar surface area (TPSA) is 59.6 Å². The van der Waals surface area contributed by atoms with Crippen molar-refractivity contribution in [3.05, 3.63) is 71.0 Å². The van der Waals surface area contributed by atoms with Gasteiger partial charge in [-0.15, -0.1) is 0 Å². The summed E-state index contributed by atoms with van der Waals surface area (Å²) in [6.07, 6.45) is -0.0531. The molecule has 1 heterocycles. The van der Waals surface area contributed by atoms with Gasteiger partial charge in [-0.25, -0.2) is 23.4 Å². The Balaban J connectivity index is 1.51. The van der Waals surface area contributed by atoms with E-state index < -0.39 is 29.8 Å². The first-order valence-corrected chi connectivity index (χ1v) is 8.02. The predicted molar refractivity (Wildman–Crippen MR) is 86.3 cm³/mol. The molecule has 0 aliphatic carbocycles.